The number of anilines is 1. The molecule has 4 aromatic rings. The van der Waals surface area contributed by atoms with Crippen LogP contribution in [0.2, 0.25) is 0 Å². The number of carbonyl (C=O) groups excluding carboxylic acids is 1. The van der Waals surface area contributed by atoms with Crippen molar-refractivity contribution in [2.45, 2.75) is 0 Å². The Hall–Kier alpha value is -4.01. The Balaban J connectivity index is 1.40. The number of aromatic nitrogens is 5. The van der Waals surface area contributed by atoms with Crippen molar-refractivity contribution in [1.29, 1.82) is 0 Å². The van der Waals surface area contributed by atoms with E-state index in [1.54, 1.807) is 34.1 Å². The number of hydrogen-bond acceptors (Lipinski definition) is 6. The van der Waals surface area contributed by atoms with Gasteiger partial charge < -0.3 is 9.80 Å². The standard InChI is InChI=1S/C21H19N7O2/c29-19-17-14-23-28(16-6-2-1-3-7-16)18(17)24-21(25-19)27-11-9-26(10-12-27)20(30)15-5-4-8-22-13-15/h1-8,13-14H,9-12H2,(H,24,25,29). The van der Waals surface area contributed by atoms with E-state index in [1.165, 1.54) is 6.20 Å². The van der Waals surface area contributed by atoms with E-state index in [4.69, 9.17) is 0 Å². The third-order valence-electron chi connectivity index (χ3n) is 5.20. The number of benzene rings is 1. The smallest absolute Gasteiger partial charge is 0.263 e. The van der Waals surface area contributed by atoms with Crippen molar-refractivity contribution in [2.75, 3.05) is 31.1 Å². The molecule has 0 aliphatic carbocycles. The highest BCUT2D eigenvalue weighted by atomic mass is 16.2. The van der Waals surface area contributed by atoms with Gasteiger partial charge in [0.25, 0.3) is 11.5 Å². The third-order valence-corrected chi connectivity index (χ3v) is 5.20. The Morgan fingerprint density at radius 3 is 2.50 bits per heavy atom. The van der Waals surface area contributed by atoms with E-state index in [0.29, 0.717) is 48.7 Å². The Bertz CT molecular complexity index is 1240. The number of para-hydroxylation sites is 1. The molecule has 0 radical (unpaired) electrons. The van der Waals surface area contributed by atoms with Crippen molar-refractivity contribution in [3.63, 3.8) is 0 Å². The highest BCUT2D eigenvalue weighted by Gasteiger charge is 2.24. The van der Waals surface area contributed by atoms with E-state index in [0.717, 1.165) is 5.69 Å². The maximum Gasteiger partial charge on any atom is 0.263 e. The van der Waals surface area contributed by atoms with Crippen LogP contribution in [0, 0.1) is 0 Å². The van der Waals surface area contributed by atoms with Gasteiger partial charge in [0.05, 0.1) is 17.4 Å². The second kappa shape index (κ2) is 7.43. The van der Waals surface area contributed by atoms with Gasteiger partial charge in [0.1, 0.15) is 5.39 Å². The van der Waals surface area contributed by atoms with Crippen molar-refractivity contribution in [2.24, 2.45) is 0 Å². The molecule has 1 aromatic carbocycles. The molecule has 9 heteroatoms. The Morgan fingerprint density at radius 2 is 1.77 bits per heavy atom. The molecule has 30 heavy (non-hydrogen) atoms. The predicted octanol–water partition coefficient (Wildman–Crippen LogP) is 1.47. The van der Waals surface area contributed by atoms with Gasteiger partial charge >= 0.3 is 0 Å². The molecule has 1 N–H and O–H groups in total. The van der Waals surface area contributed by atoms with E-state index in [-0.39, 0.29) is 11.5 Å². The van der Waals surface area contributed by atoms with Crippen molar-refractivity contribution >= 4 is 22.9 Å². The molecule has 0 bridgehead atoms. The van der Waals surface area contributed by atoms with E-state index >= 15 is 0 Å². The largest absolute Gasteiger partial charge is 0.339 e. The minimum absolute atomic E-state index is 0.0400. The second-order valence-electron chi connectivity index (χ2n) is 7.04. The fraction of sp³-hybridized carbons (Fsp3) is 0.190. The van der Waals surface area contributed by atoms with Crippen LogP contribution in [-0.4, -0.2) is 61.7 Å². The molecule has 3 aromatic heterocycles. The quantitative estimate of drug-likeness (QED) is 0.558. The molecule has 1 saturated heterocycles. The number of fused-ring (bicyclic) bond motifs is 1. The van der Waals surface area contributed by atoms with Gasteiger partial charge in [0, 0.05) is 38.6 Å². The van der Waals surface area contributed by atoms with E-state index in [9.17, 15) is 9.59 Å². The zero-order valence-electron chi connectivity index (χ0n) is 16.1. The molecular formula is C21H19N7O2. The summed E-state index contributed by atoms with van der Waals surface area (Å²) in [4.78, 5) is 40.5. The normalized spacial score (nSPS) is 14.3. The Kier molecular flexibility index (Phi) is 4.47. The minimum atomic E-state index is -0.231. The van der Waals surface area contributed by atoms with Crippen LogP contribution in [0.3, 0.4) is 0 Å². The average molecular weight is 401 g/mol. The average Bonchev–Trinajstić information content (AvgIpc) is 3.24. The number of carbonyl (C=O) groups is 1. The van der Waals surface area contributed by atoms with E-state index < -0.39 is 0 Å². The monoisotopic (exact) mass is 401 g/mol. The first-order valence-corrected chi connectivity index (χ1v) is 9.68. The first kappa shape index (κ1) is 18.0. The van der Waals surface area contributed by atoms with Crippen LogP contribution in [0.4, 0.5) is 5.95 Å². The zero-order chi connectivity index (χ0) is 20.5. The summed E-state index contributed by atoms with van der Waals surface area (Å²) in [5.41, 5.74) is 1.69. The van der Waals surface area contributed by atoms with Gasteiger partial charge in [-0.3, -0.25) is 19.6 Å². The third kappa shape index (κ3) is 3.20. The number of pyridine rings is 1. The molecule has 0 unspecified atom stereocenters. The lowest BCUT2D eigenvalue weighted by molar-refractivity contribution is 0.0746. The predicted molar refractivity (Wildman–Crippen MR) is 112 cm³/mol. The molecule has 0 spiro atoms. The summed E-state index contributed by atoms with van der Waals surface area (Å²) < 4.78 is 1.66. The van der Waals surface area contributed by atoms with Crippen molar-refractivity contribution in [3.05, 3.63) is 77.0 Å². The van der Waals surface area contributed by atoms with Crippen LogP contribution >= 0.6 is 0 Å². The molecule has 1 fully saturated rings. The van der Waals surface area contributed by atoms with Crippen molar-refractivity contribution in [1.82, 2.24) is 29.6 Å². The number of H-pyrrole nitrogens is 1. The number of piperazine rings is 1. The molecule has 9 nitrogen and oxygen atoms in total. The molecule has 1 aliphatic heterocycles. The molecule has 1 aliphatic rings. The summed E-state index contributed by atoms with van der Waals surface area (Å²) in [6.45, 7) is 2.21. The molecule has 0 atom stereocenters. The van der Waals surface area contributed by atoms with Crippen LogP contribution in [-0.2, 0) is 0 Å². The molecule has 4 heterocycles. The highest BCUT2D eigenvalue weighted by Crippen LogP contribution is 2.18. The molecule has 0 saturated carbocycles. The summed E-state index contributed by atoms with van der Waals surface area (Å²) in [6, 6.07) is 13.1. The number of rotatable bonds is 3. The van der Waals surface area contributed by atoms with Gasteiger partial charge in [0.2, 0.25) is 5.95 Å². The number of amides is 1. The fourth-order valence-corrected chi connectivity index (χ4v) is 3.61. The maximum absolute atomic E-state index is 12.6. The van der Waals surface area contributed by atoms with Gasteiger partial charge in [-0.2, -0.15) is 10.1 Å². The lowest BCUT2D eigenvalue weighted by Crippen LogP contribution is -2.49. The number of aromatic amines is 1. The van der Waals surface area contributed by atoms with Gasteiger partial charge in [-0.1, -0.05) is 18.2 Å². The second-order valence-corrected chi connectivity index (χ2v) is 7.04. The summed E-state index contributed by atoms with van der Waals surface area (Å²) in [7, 11) is 0. The number of nitrogens with zero attached hydrogens (tertiary/aromatic N) is 6. The SMILES string of the molecule is O=C(c1cccnc1)N1CCN(c2nc3c(cnn3-c3ccccc3)c(=O)[nH]2)CC1. The Labute approximate surface area is 171 Å². The fourth-order valence-electron chi connectivity index (χ4n) is 3.61. The van der Waals surface area contributed by atoms with E-state index in [2.05, 4.69) is 20.1 Å². The Morgan fingerprint density at radius 1 is 0.967 bits per heavy atom. The van der Waals surface area contributed by atoms with Crippen LogP contribution in [0.5, 0.6) is 0 Å². The summed E-state index contributed by atoms with van der Waals surface area (Å²) in [6.07, 6.45) is 4.75. The van der Waals surface area contributed by atoms with Gasteiger partial charge in [-0.25, -0.2) is 4.68 Å². The van der Waals surface area contributed by atoms with Crippen LogP contribution < -0.4 is 10.5 Å². The number of hydrogen-bond donors (Lipinski definition) is 1. The zero-order valence-corrected chi connectivity index (χ0v) is 16.1. The maximum atomic E-state index is 12.6. The van der Waals surface area contributed by atoms with E-state index in [1.807, 2.05) is 35.2 Å². The van der Waals surface area contributed by atoms with Gasteiger partial charge in [-0.15, -0.1) is 0 Å². The molecule has 1 amide bonds. The minimum Gasteiger partial charge on any atom is -0.339 e. The van der Waals surface area contributed by atoms with Gasteiger partial charge in [-0.05, 0) is 24.3 Å². The summed E-state index contributed by atoms with van der Waals surface area (Å²) in [5, 5.41) is 4.78. The summed E-state index contributed by atoms with van der Waals surface area (Å²) in [5.74, 6) is 0.445. The summed E-state index contributed by atoms with van der Waals surface area (Å²) >= 11 is 0. The first-order chi connectivity index (χ1) is 14.7. The lowest BCUT2D eigenvalue weighted by Gasteiger charge is -2.35. The number of nitrogens with one attached hydrogen (secondary N) is 1. The highest BCUT2D eigenvalue weighted by molar-refractivity contribution is 5.94. The lowest BCUT2D eigenvalue weighted by atomic mass is 10.2. The molecular weight excluding hydrogens is 382 g/mol. The first-order valence-electron chi connectivity index (χ1n) is 9.68. The van der Waals surface area contributed by atoms with Crippen LogP contribution in [0.15, 0.2) is 65.8 Å². The van der Waals surface area contributed by atoms with Crippen molar-refractivity contribution in [3.8, 4) is 5.69 Å². The molecule has 150 valence electrons. The van der Waals surface area contributed by atoms with Crippen LogP contribution in [0.1, 0.15) is 10.4 Å². The van der Waals surface area contributed by atoms with Gasteiger partial charge in [0.15, 0.2) is 5.65 Å². The van der Waals surface area contributed by atoms with Crippen LogP contribution in [0.25, 0.3) is 16.7 Å². The van der Waals surface area contributed by atoms with Crippen molar-refractivity contribution < 1.29 is 4.79 Å². The molecule has 5 rings (SSSR count). The topological polar surface area (TPSA) is 100 Å².